The second-order valence-electron chi connectivity index (χ2n) is 4.11. The van der Waals surface area contributed by atoms with E-state index < -0.39 is 12.0 Å². The minimum Gasteiger partial charge on any atom is -0.480 e. The summed E-state index contributed by atoms with van der Waals surface area (Å²) in [6, 6.07) is -1.21. The number of carbonyl (C=O) groups excluding carboxylic acids is 1. The summed E-state index contributed by atoms with van der Waals surface area (Å²) in [6.07, 6.45) is 3.96. The van der Waals surface area contributed by atoms with Crippen molar-refractivity contribution in [3.63, 3.8) is 0 Å². The van der Waals surface area contributed by atoms with Crippen LogP contribution in [-0.4, -0.2) is 39.0 Å². The first-order valence-electron chi connectivity index (χ1n) is 5.78. The Labute approximate surface area is 105 Å². The second kappa shape index (κ2) is 6.75. The van der Waals surface area contributed by atoms with E-state index in [0.29, 0.717) is 12.1 Å². The van der Waals surface area contributed by atoms with Gasteiger partial charge in [-0.15, -0.1) is 0 Å². The lowest BCUT2D eigenvalue weighted by Crippen LogP contribution is -2.44. The number of H-pyrrole nitrogens is 1. The molecule has 0 aliphatic heterocycles. The molecule has 0 bridgehead atoms. The Hall–Kier alpha value is -1.89. The van der Waals surface area contributed by atoms with Gasteiger partial charge in [0.05, 0.1) is 6.33 Å². The topological polar surface area (TPSA) is 121 Å². The highest BCUT2D eigenvalue weighted by molar-refractivity contribution is 5.83. The Kier molecular flexibility index (Phi) is 5.31. The van der Waals surface area contributed by atoms with Crippen LogP contribution in [0.1, 0.15) is 25.5 Å². The average Bonchev–Trinajstić information content (AvgIpc) is 2.80. The van der Waals surface area contributed by atoms with Gasteiger partial charge in [0.2, 0.25) is 5.91 Å². The normalized spacial score (nSPS) is 13.9. The number of amides is 1. The number of carboxylic acid groups (broad SMARTS) is 1. The zero-order valence-electron chi connectivity index (χ0n) is 10.2. The highest BCUT2D eigenvalue weighted by Gasteiger charge is 2.21. The predicted octanol–water partition coefficient (Wildman–Crippen LogP) is -0.351. The molecule has 0 aromatic carbocycles. The van der Waals surface area contributed by atoms with Crippen LogP contribution in [0.15, 0.2) is 12.5 Å². The zero-order valence-corrected chi connectivity index (χ0v) is 10.2. The van der Waals surface area contributed by atoms with E-state index in [1.54, 1.807) is 0 Å². The smallest absolute Gasteiger partial charge is 0.326 e. The van der Waals surface area contributed by atoms with Gasteiger partial charge in [0.1, 0.15) is 6.04 Å². The van der Waals surface area contributed by atoms with Crippen molar-refractivity contribution in [2.45, 2.75) is 38.3 Å². The summed E-state index contributed by atoms with van der Waals surface area (Å²) in [7, 11) is 0. The molecule has 0 fully saturated rings. The Bertz CT molecular complexity index is 391. The number of nitrogens with zero attached hydrogens (tertiary/aromatic N) is 1. The van der Waals surface area contributed by atoms with E-state index in [1.165, 1.54) is 12.5 Å². The fourth-order valence-electron chi connectivity index (χ4n) is 1.45. The van der Waals surface area contributed by atoms with Gasteiger partial charge in [0, 0.05) is 30.8 Å². The first-order chi connectivity index (χ1) is 8.52. The average molecular weight is 254 g/mol. The molecule has 1 unspecified atom stereocenters. The quantitative estimate of drug-likeness (QED) is 0.530. The van der Waals surface area contributed by atoms with Crippen molar-refractivity contribution >= 4 is 11.9 Å². The summed E-state index contributed by atoms with van der Waals surface area (Å²) in [5, 5.41) is 11.5. The molecule has 100 valence electrons. The van der Waals surface area contributed by atoms with E-state index >= 15 is 0 Å². The third-order valence-corrected chi connectivity index (χ3v) is 2.58. The van der Waals surface area contributed by atoms with Gasteiger partial charge in [-0.3, -0.25) is 4.79 Å². The third kappa shape index (κ3) is 4.54. The second-order valence-corrected chi connectivity index (χ2v) is 4.11. The Morgan fingerprint density at radius 2 is 2.33 bits per heavy atom. The maximum absolute atomic E-state index is 11.6. The number of carboxylic acids is 1. The maximum atomic E-state index is 11.6. The number of hydrogen-bond acceptors (Lipinski definition) is 4. The van der Waals surface area contributed by atoms with Crippen LogP contribution in [0.3, 0.4) is 0 Å². The number of nitrogens with one attached hydrogen (secondary N) is 2. The molecular formula is C11H18N4O3. The van der Waals surface area contributed by atoms with E-state index in [4.69, 9.17) is 10.8 Å². The molecule has 1 heterocycles. The molecule has 1 rings (SSSR count). The molecule has 0 saturated carbocycles. The number of carbonyl (C=O) groups is 2. The van der Waals surface area contributed by atoms with Crippen LogP contribution in [-0.2, 0) is 16.0 Å². The number of aromatic amines is 1. The van der Waals surface area contributed by atoms with Crippen molar-refractivity contribution in [3.8, 4) is 0 Å². The van der Waals surface area contributed by atoms with Crippen LogP contribution in [0.5, 0.6) is 0 Å². The molecule has 7 heteroatoms. The lowest BCUT2D eigenvalue weighted by Gasteiger charge is -2.15. The molecular weight excluding hydrogens is 236 g/mol. The molecule has 0 aliphatic rings. The minimum atomic E-state index is -1.08. The van der Waals surface area contributed by atoms with Gasteiger partial charge >= 0.3 is 5.97 Å². The van der Waals surface area contributed by atoms with Crippen LogP contribution >= 0.6 is 0 Å². The van der Waals surface area contributed by atoms with E-state index in [2.05, 4.69) is 15.3 Å². The molecule has 5 N–H and O–H groups in total. The number of imidazole rings is 1. The summed E-state index contributed by atoms with van der Waals surface area (Å²) in [5.41, 5.74) is 6.29. The maximum Gasteiger partial charge on any atom is 0.326 e. The molecule has 0 radical (unpaired) electrons. The van der Waals surface area contributed by atoms with Crippen molar-refractivity contribution in [1.82, 2.24) is 15.3 Å². The molecule has 0 saturated heterocycles. The first kappa shape index (κ1) is 14.2. The molecule has 1 aromatic heterocycles. The summed E-state index contributed by atoms with van der Waals surface area (Å²) in [5.74, 6) is -1.43. The predicted molar refractivity (Wildman–Crippen MR) is 64.7 cm³/mol. The molecule has 1 aromatic rings. The van der Waals surface area contributed by atoms with Gasteiger partial charge in [-0.2, -0.15) is 0 Å². The van der Waals surface area contributed by atoms with Gasteiger partial charge in [-0.1, -0.05) is 6.92 Å². The number of aliphatic carboxylic acids is 1. The van der Waals surface area contributed by atoms with Gasteiger partial charge in [-0.05, 0) is 6.42 Å². The summed E-state index contributed by atoms with van der Waals surface area (Å²) in [4.78, 5) is 29.2. The lowest BCUT2D eigenvalue weighted by atomic mass is 10.1. The highest BCUT2D eigenvalue weighted by atomic mass is 16.4. The zero-order chi connectivity index (χ0) is 13.5. The minimum absolute atomic E-state index is 0.128. The SMILES string of the molecule is CCC(N)CC(=O)N[C@@H](Cc1cnc[nH]1)C(=O)O. The fraction of sp³-hybridized carbons (Fsp3) is 0.545. The van der Waals surface area contributed by atoms with E-state index in [1.807, 2.05) is 6.92 Å². The Morgan fingerprint density at radius 1 is 1.61 bits per heavy atom. The molecule has 2 atom stereocenters. The number of hydrogen-bond donors (Lipinski definition) is 4. The Balaban J connectivity index is 2.53. The van der Waals surface area contributed by atoms with E-state index in [0.717, 1.165) is 0 Å². The van der Waals surface area contributed by atoms with Crippen LogP contribution in [0.25, 0.3) is 0 Å². The standard InChI is InChI=1S/C11H18N4O3/c1-2-7(12)3-10(16)15-9(11(17)18)4-8-5-13-6-14-8/h5-7,9H,2-4,12H2,1H3,(H,13,14)(H,15,16)(H,17,18)/t7?,9-/m0/s1. The lowest BCUT2D eigenvalue weighted by molar-refractivity contribution is -0.141. The van der Waals surface area contributed by atoms with Crippen molar-refractivity contribution in [3.05, 3.63) is 18.2 Å². The van der Waals surface area contributed by atoms with Gasteiger partial charge in [0.25, 0.3) is 0 Å². The Morgan fingerprint density at radius 3 is 2.83 bits per heavy atom. The van der Waals surface area contributed by atoms with Crippen molar-refractivity contribution in [1.29, 1.82) is 0 Å². The van der Waals surface area contributed by atoms with Crippen LogP contribution < -0.4 is 11.1 Å². The number of rotatable bonds is 7. The monoisotopic (exact) mass is 254 g/mol. The highest BCUT2D eigenvalue weighted by Crippen LogP contribution is 2.00. The van der Waals surface area contributed by atoms with Crippen molar-refractivity contribution in [2.75, 3.05) is 0 Å². The van der Waals surface area contributed by atoms with Crippen molar-refractivity contribution in [2.24, 2.45) is 5.73 Å². The van der Waals surface area contributed by atoms with E-state index in [-0.39, 0.29) is 24.8 Å². The summed E-state index contributed by atoms with van der Waals surface area (Å²) >= 11 is 0. The van der Waals surface area contributed by atoms with Gasteiger partial charge < -0.3 is 21.1 Å². The van der Waals surface area contributed by atoms with Gasteiger partial charge in [-0.25, -0.2) is 9.78 Å². The molecule has 7 nitrogen and oxygen atoms in total. The van der Waals surface area contributed by atoms with E-state index in [9.17, 15) is 9.59 Å². The molecule has 0 aliphatic carbocycles. The number of aromatic nitrogens is 2. The third-order valence-electron chi connectivity index (χ3n) is 2.58. The first-order valence-corrected chi connectivity index (χ1v) is 5.78. The molecule has 18 heavy (non-hydrogen) atoms. The number of nitrogens with two attached hydrogens (primary N) is 1. The fourth-order valence-corrected chi connectivity index (χ4v) is 1.45. The summed E-state index contributed by atoms with van der Waals surface area (Å²) in [6.45, 7) is 1.87. The van der Waals surface area contributed by atoms with Crippen LogP contribution in [0.2, 0.25) is 0 Å². The molecule has 1 amide bonds. The largest absolute Gasteiger partial charge is 0.480 e. The van der Waals surface area contributed by atoms with Crippen molar-refractivity contribution < 1.29 is 14.7 Å². The van der Waals surface area contributed by atoms with Gasteiger partial charge in [0.15, 0.2) is 0 Å². The van der Waals surface area contributed by atoms with Crippen LogP contribution in [0, 0.1) is 0 Å². The summed E-state index contributed by atoms with van der Waals surface area (Å²) < 4.78 is 0. The molecule has 0 spiro atoms. The van der Waals surface area contributed by atoms with Crippen LogP contribution in [0.4, 0.5) is 0 Å².